The van der Waals surface area contributed by atoms with Crippen LogP contribution < -0.4 is 5.43 Å². The SMILES string of the molecule is CCCCCCCCn1c2ccccc2c(=O)c2cc(Cl)ccc21. The van der Waals surface area contributed by atoms with Gasteiger partial charge in [0, 0.05) is 22.3 Å². The highest BCUT2D eigenvalue weighted by Crippen LogP contribution is 2.23. The molecule has 0 bridgehead atoms. The molecule has 0 amide bonds. The van der Waals surface area contributed by atoms with E-state index in [1.165, 1.54) is 32.1 Å². The number of nitrogens with zero attached hydrogens (tertiary/aromatic N) is 1. The predicted molar refractivity (Wildman–Crippen MR) is 104 cm³/mol. The van der Waals surface area contributed by atoms with Crippen molar-refractivity contribution in [3.8, 4) is 0 Å². The summed E-state index contributed by atoms with van der Waals surface area (Å²) in [6, 6.07) is 13.5. The van der Waals surface area contributed by atoms with Crippen molar-refractivity contribution in [1.29, 1.82) is 0 Å². The number of halogens is 1. The molecule has 0 radical (unpaired) electrons. The highest BCUT2D eigenvalue weighted by atomic mass is 35.5. The van der Waals surface area contributed by atoms with E-state index in [1.807, 2.05) is 36.4 Å². The number of pyridine rings is 1. The minimum Gasteiger partial charge on any atom is -0.340 e. The summed E-state index contributed by atoms with van der Waals surface area (Å²) in [6.45, 7) is 3.18. The minimum atomic E-state index is 0.0716. The Hall–Kier alpha value is -1.80. The molecule has 24 heavy (non-hydrogen) atoms. The van der Waals surface area contributed by atoms with Crippen molar-refractivity contribution in [3.63, 3.8) is 0 Å². The second-order valence-electron chi connectivity index (χ2n) is 6.43. The first kappa shape index (κ1) is 17.0. The van der Waals surface area contributed by atoms with Crippen LogP contribution in [-0.4, -0.2) is 4.57 Å². The Labute approximate surface area is 148 Å². The van der Waals surface area contributed by atoms with Gasteiger partial charge in [-0.15, -0.1) is 0 Å². The first-order valence-corrected chi connectivity index (χ1v) is 9.31. The number of hydrogen-bond acceptors (Lipinski definition) is 1. The zero-order chi connectivity index (χ0) is 16.9. The molecule has 0 fully saturated rings. The Morgan fingerprint density at radius 1 is 0.875 bits per heavy atom. The molecule has 0 aliphatic rings. The lowest BCUT2D eigenvalue weighted by Crippen LogP contribution is -2.11. The maximum absolute atomic E-state index is 12.8. The second kappa shape index (κ2) is 7.85. The molecule has 1 heterocycles. The second-order valence-corrected chi connectivity index (χ2v) is 6.86. The Balaban J connectivity index is 1.97. The zero-order valence-electron chi connectivity index (χ0n) is 14.2. The molecule has 1 aromatic heterocycles. The number of fused-ring (bicyclic) bond motifs is 2. The van der Waals surface area contributed by atoms with Gasteiger partial charge >= 0.3 is 0 Å². The highest BCUT2D eigenvalue weighted by Gasteiger charge is 2.10. The van der Waals surface area contributed by atoms with Gasteiger partial charge in [0.05, 0.1) is 11.0 Å². The maximum Gasteiger partial charge on any atom is 0.197 e. The van der Waals surface area contributed by atoms with Gasteiger partial charge in [0.15, 0.2) is 5.43 Å². The van der Waals surface area contributed by atoms with E-state index in [0.717, 1.165) is 29.4 Å². The molecule has 0 aliphatic carbocycles. The van der Waals surface area contributed by atoms with Gasteiger partial charge in [-0.1, -0.05) is 62.8 Å². The summed E-state index contributed by atoms with van der Waals surface area (Å²) >= 11 is 6.12. The van der Waals surface area contributed by atoms with Gasteiger partial charge in [0.1, 0.15) is 0 Å². The minimum absolute atomic E-state index is 0.0716. The summed E-state index contributed by atoms with van der Waals surface area (Å²) in [7, 11) is 0. The largest absolute Gasteiger partial charge is 0.340 e. The molecule has 126 valence electrons. The maximum atomic E-state index is 12.8. The van der Waals surface area contributed by atoms with Gasteiger partial charge in [0.25, 0.3) is 0 Å². The summed E-state index contributed by atoms with van der Waals surface area (Å²) in [6.07, 6.45) is 7.56. The average Bonchev–Trinajstić information content (AvgIpc) is 2.60. The van der Waals surface area contributed by atoms with E-state index in [9.17, 15) is 4.79 Å². The van der Waals surface area contributed by atoms with Crippen LogP contribution in [0.2, 0.25) is 5.02 Å². The molecule has 3 heteroatoms. The molecule has 0 aliphatic heterocycles. The van der Waals surface area contributed by atoms with Crippen LogP contribution in [0.3, 0.4) is 0 Å². The molecule has 3 rings (SSSR count). The number of aryl methyl sites for hydroxylation is 1. The number of rotatable bonds is 7. The number of aromatic nitrogens is 1. The fourth-order valence-corrected chi connectivity index (χ4v) is 3.56. The monoisotopic (exact) mass is 341 g/mol. The summed E-state index contributed by atoms with van der Waals surface area (Å²) in [5.74, 6) is 0. The molecule has 3 aromatic rings. The summed E-state index contributed by atoms with van der Waals surface area (Å²) in [4.78, 5) is 12.8. The summed E-state index contributed by atoms with van der Waals surface area (Å²) < 4.78 is 2.28. The van der Waals surface area contributed by atoms with Crippen LogP contribution in [0.5, 0.6) is 0 Å². The van der Waals surface area contributed by atoms with Gasteiger partial charge in [-0.2, -0.15) is 0 Å². The number of hydrogen-bond donors (Lipinski definition) is 0. The molecule has 0 saturated heterocycles. The van der Waals surface area contributed by atoms with Crippen LogP contribution in [0.1, 0.15) is 45.4 Å². The van der Waals surface area contributed by atoms with E-state index in [0.29, 0.717) is 10.4 Å². The van der Waals surface area contributed by atoms with Crippen LogP contribution >= 0.6 is 11.6 Å². The Bertz CT molecular complexity index is 897. The van der Waals surface area contributed by atoms with Crippen LogP contribution in [-0.2, 0) is 6.54 Å². The molecule has 0 atom stereocenters. The lowest BCUT2D eigenvalue weighted by Gasteiger charge is -2.15. The quantitative estimate of drug-likeness (QED) is 0.372. The Morgan fingerprint density at radius 2 is 1.58 bits per heavy atom. The average molecular weight is 342 g/mol. The van der Waals surface area contributed by atoms with Crippen molar-refractivity contribution < 1.29 is 0 Å². The summed E-state index contributed by atoms with van der Waals surface area (Å²) in [5, 5.41) is 2.10. The molecular weight excluding hydrogens is 318 g/mol. The van der Waals surface area contributed by atoms with Crippen LogP contribution in [0.25, 0.3) is 21.8 Å². The fraction of sp³-hybridized carbons (Fsp3) is 0.381. The van der Waals surface area contributed by atoms with Gasteiger partial charge < -0.3 is 4.57 Å². The van der Waals surface area contributed by atoms with E-state index in [4.69, 9.17) is 11.6 Å². The Kier molecular flexibility index (Phi) is 5.57. The van der Waals surface area contributed by atoms with Crippen molar-refractivity contribution in [2.45, 2.75) is 52.0 Å². The molecule has 2 nitrogen and oxygen atoms in total. The highest BCUT2D eigenvalue weighted by molar-refractivity contribution is 6.31. The van der Waals surface area contributed by atoms with E-state index in [2.05, 4.69) is 11.5 Å². The lowest BCUT2D eigenvalue weighted by molar-refractivity contribution is 0.570. The molecule has 0 saturated carbocycles. The topological polar surface area (TPSA) is 22.0 Å². The van der Waals surface area contributed by atoms with Crippen LogP contribution in [0, 0.1) is 0 Å². The number of unbranched alkanes of at least 4 members (excludes halogenated alkanes) is 5. The first-order valence-electron chi connectivity index (χ1n) is 8.93. The van der Waals surface area contributed by atoms with E-state index in [1.54, 1.807) is 6.07 Å². The molecule has 0 N–H and O–H groups in total. The van der Waals surface area contributed by atoms with Gasteiger partial charge in [-0.25, -0.2) is 0 Å². The third-order valence-electron chi connectivity index (χ3n) is 4.67. The zero-order valence-corrected chi connectivity index (χ0v) is 15.0. The molecule has 0 spiro atoms. The summed E-state index contributed by atoms with van der Waals surface area (Å²) in [5.41, 5.74) is 2.07. The van der Waals surface area contributed by atoms with Crippen molar-refractivity contribution in [2.75, 3.05) is 0 Å². The number of para-hydroxylation sites is 1. The van der Waals surface area contributed by atoms with E-state index >= 15 is 0 Å². The molecular formula is C21H24ClNO. The predicted octanol–water partition coefficient (Wildman–Crippen LogP) is 6.17. The fourth-order valence-electron chi connectivity index (χ4n) is 3.39. The van der Waals surface area contributed by atoms with E-state index < -0.39 is 0 Å². The third kappa shape index (κ3) is 3.49. The van der Waals surface area contributed by atoms with Crippen molar-refractivity contribution in [3.05, 3.63) is 57.7 Å². The van der Waals surface area contributed by atoms with Crippen molar-refractivity contribution in [2.24, 2.45) is 0 Å². The molecule has 2 aromatic carbocycles. The smallest absolute Gasteiger partial charge is 0.197 e. The van der Waals surface area contributed by atoms with Crippen molar-refractivity contribution >= 4 is 33.4 Å². The Morgan fingerprint density at radius 3 is 2.42 bits per heavy atom. The van der Waals surface area contributed by atoms with Gasteiger partial charge in [0.2, 0.25) is 0 Å². The lowest BCUT2D eigenvalue weighted by atomic mass is 10.1. The van der Waals surface area contributed by atoms with Crippen LogP contribution in [0.4, 0.5) is 0 Å². The normalized spacial score (nSPS) is 11.4. The third-order valence-corrected chi connectivity index (χ3v) is 4.90. The molecule has 0 unspecified atom stereocenters. The first-order chi connectivity index (χ1) is 11.7. The standard InChI is InChI=1S/C21H24ClNO/c1-2-3-4-5-6-9-14-23-19-11-8-7-10-17(19)21(24)18-15-16(22)12-13-20(18)23/h7-8,10-13,15H,2-6,9,14H2,1H3. The van der Waals surface area contributed by atoms with Gasteiger partial charge in [-0.05, 0) is 36.8 Å². The van der Waals surface area contributed by atoms with Crippen LogP contribution in [0.15, 0.2) is 47.3 Å². The van der Waals surface area contributed by atoms with Gasteiger partial charge in [-0.3, -0.25) is 4.79 Å². The van der Waals surface area contributed by atoms with Crippen molar-refractivity contribution in [1.82, 2.24) is 4.57 Å². The van der Waals surface area contributed by atoms with E-state index in [-0.39, 0.29) is 5.43 Å². The number of benzene rings is 2.